The van der Waals surface area contributed by atoms with Crippen LogP contribution in [0.3, 0.4) is 0 Å². The van der Waals surface area contributed by atoms with Crippen molar-refractivity contribution in [3.63, 3.8) is 0 Å². The van der Waals surface area contributed by atoms with Crippen molar-refractivity contribution in [2.45, 2.75) is 25.7 Å². The highest BCUT2D eigenvalue weighted by Gasteiger charge is 2.26. The van der Waals surface area contributed by atoms with Crippen LogP contribution in [0.1, 0.15) is 42.4 Å². The predicted molar refractivity (Wildman–Crippen MR) is 101 cm³/mol. The minimum absolute atomic E-state index is 0.252. The maximum atomic E-state index is 12.6. The van der Waals surface area contributed by atoms with Gasteiger partial charge in [-0.15, -0.1) is 0 Å². The molecule has 1 heterocycles. The molecule has 4 heteroatoms. The van der Waals surface area contributed by atoms with E-state index in [1.54, 1.807) is 18.3 Å². The minimum Gasteiger partial charge on any atom is -0.465 e. The van der Waals surface area contributed by atoms with Crippen LogP contribution >= 0.6 is 11.6 Å². The Morgan fingerprint density at radius 3 is 2.76 bits per heavy atom. The van der Waals surface area contributed by atoms with E-state index in [0.29, 0.717) is 11.6 Å². The van der Waals surface area contributed by atoms with Crippen molar-refractivity contribution in [1.82, 2.24) is 0 Å². The number of hydrogen-bond acceptors (Lipinski definition) is 3. The van der Waals surface area contributed by atoms with Crippen LogP contribution in [-0.4, -0.2) is 18.3 Å². The summed E-state index contributed by atoms with van der Waals surface area (Å²) in [6.07, 6.45) is 5.32. The number of esters is 1. The zero-order valence-corrected chi connectivity index (χ0v) is 14.9. The van der Waals surface area contributed by atoms with E-state index in [2.05, 4.69) is 11.9 Å². The molecule has 1 aliphatic rings. The van der Waals surface area contributed by atoms with Crippen LogP contribution in [0.25, 0.3) is 0 Å². The van der Waals surface area contributed by atoms with E-state index in [-0.39, 0.29) is 5.97 Å². The number of benzene rings is 2. The molecule has 0 aliphatic carbocycles. The summed E-state index contributed by atoms with van der Waals surface area (Å²) in [6.45, 7) is 2.51. The van der Waals surface area contributed by atoms with Gasteiger partial charge in [-0.25, -0.2) is 0 Å². The average Bonchev–Trinajstić information content (AvgIpc) is 2.82. The van der Waals surface area contributed by atoms with Gasteiger partial charge in [0.2, 0.25) is 0 Å². The van der Waals surface area contributed by atoms with Crippen LogP contribution in [0, 0.1) is 0 Å². The fourth-order valence-corrected chi connectivity index (χ4v) is 2.99. The molecule has 0 N–H and O–H groups in total. The molecular formula is C21H20ClNO2. The number of hydrogen-bond donors (Lipinski definition) is 0. The van der Waals surface area contributed by atoms with Crippen LogP contribution in [0.4, 0.5) is 0 Å². The van der Waals surface area contributed by atoms with Crippen LogP contribution in [-0.2, 0) is 9.53 Å². The summed E-state index contributed by atoms with van der Waals surface area (Å²) in [5.41, 5.74) is 3.51. The minimum atomic E-state index is -0.478. The Balaban J connectivity index is 2.00. The molecule has 0 saturated carbocycles. The number of rotatable bonds is 5. The maximum Gasteiger partial charge on any atom is 0.317 e. The lowest BCUT2D eigenvalue weighted by Gasteiger charge is -2.16. The second kappa shape index (κ2) is 8.13. The van der Waals surface area contributed by atoms with Gasteiger partial charge in [0.1, 0.15) is 5.92 Å². The third-order valence-corrected chi connectivity index (χ3v) is 4.37. The second-order valence-corrected chi connectivity index (χ2v) is 6.35. The van der Waals surface area contributed by atoms with Crippen molar-refractivity contribution >= 4 is 23.3 Å². The molecule has 3 nitrogen and oxygen atoms in total. The zero-order chi connectivity index (χ0) is 17.6. The number of carbonyl (C=O) groups excluding carboxylic acids is 1. The SMILES string of the molecule is CCCCOC(=O)C1C=CN=C(c2ccccc2)c2cc(Cl)ccc21. The Kier molecular flexibility index (Phi) is 5.67. The summed E-state index contributed by atoms with van der Waals surface area (Å²) in [5.74, 6) is -0.730. The highest BCUT2D eigenvalue weighted by Crippen LogP contribution is 2.30. The van der Waals surface area contributed by atoms with Crippen LogP contribution in [0.2, 0.25) is 5.02 Å². The van der Waals surface area contributed by atoms with Gasteiger partial charge in [-0.2, -0.15) is 0 Å². The van der Waals surface area contributed by atoms with E-state index in [1.807, 2.05) is 42.5 Å². The quantitative estimate of drug-likeness (QED) is 0.552. The maximum absolute atomic E-state index is 12.6. The lowest BCUT2D eigenvalue weighted by molar-refractivity contribution is -0.144. The molecule has 1 aliphatic heterocycles. The number of fused-ring (bicyclic) bond motifs is 1. The Morgan fingerprint density at radius 2 is 2.00 bits per heavy atom. The van der Waals surface area contributed by atoms with Gasteiger partial charge in [0.25, 0.3) is 0 Å². The number of carbonyl (C=O) groups is 1. The predicted octanol–water partition coefficient (Wildman–Crippen LogP) is 5.13. The fourth-order valence-electron chi connectivity index (χ4n) is 2.82. The molecule has 0 aromatic heterocycles. The largest absolute Gasteiger partial charge is 0.465 e. The molecule has 128 valence electrons. The molecule has 3 rings (SSSR count). The molecule has 2 aromatic carbocycles. The van der Waals surface area contributed by atoms with Gasteiger partial charge in [-0.05, 0) is 30.2 Å². The molecule has 0 amide bonds. The van der Waals surface area contributed by atoms with E-state index in [0.717, 1.165) is 35.2 Å². The monoisotopic (exact) mass is 353 g/mol. The number of aliphatic imine (C=N–C) groups is 1. The van der Waals surface area contributed by atoms with Crippen molar-refractivity contribution in [1.29, 1.82) is 0 Å². The molecule has 0 fully saturated rings. The van der Waals surface area contributed by atoms with Crippen LogP contribution < -0.4 is 0 Å². The molecule has 25 heavy (non-hydrogen) atoms. The van der Waals surface area contributed by atoms with E-state index in [4.69, 9.17) is 16.3 Å². The first kappa shape index (κ1) is 17.4. The van der Waals surface area contributed by atoms with Gasteiger partial charge in [0.05, 0.1) is 12.3 Å². The van der Waals surface area contributed by atoms with Gasteiger partial charge in [-0.1, -0.05) is 61.3 Å². The molecule has 1 atom stereocenters. The summed E-state index contributed by atoms with van der Waals surface area (Å²) < 4.78 is 5.43. The molecule has 2 aromatic rings. The van der Waals surface area contributed by atoms with Crippen molar-refractivity contribution in [3.8, 4) is 0 Å². The van der Waals surface area contributed by atoms with Crippen LogP contribution in [0.5, 0.6) is 0 Å². The average molecular weight is 354 g/mol. The molecule has 0 bridgehead atoms. The van der Waals surface area contributed by atoms with E-state index < -0.39 is 5.92 Å². The van der Waals surface area contributed by atoms with E-state index in [9.17, 15) is 4.79 Å². The molecule has 0 saturated heterocycles. The summed E-state index contributed by atoms with van der Waals surface area (Å²) in [5, 5.41) is 0.613. The fraction of sp³-hybridized carbons (Fsp3) is 0.238. The van der Waals surface area contributed by atoms with Crippen molar-refractivity contribution in [2.24, 2.45) is 4.99 Å². The summed E-state index contributed by atoms with van der Waals surface area (Å²) >= 11 is 6.22. The van der Waals surface area contributed by atoms with Crippen LogP contribution in [0.15, 0.2) is 65.8 Å². The highest BCUT2D eigenvalue weighted by molar-refractivity contribution is 6.31. The molecule has 0 spiro atoms. The Labute approximate surface area is 153 Å². The van der Waals surface area contributed by atoms with Gasteiger partial charge < -0.3 is 4.74 Å². The summed E-state index contributed by atoms with van der Waals surface area (Å²) in [7, 11) is 0. The topological polar surface area (TPSA) is 38.7 Å². The van der Waals surface area contributed by atoms with Gasteiger partial charge in [0, 0.05) is 22.3 Å². The van der Waals surface area contributed by atoms with Gasteiger partial charge >= 0.3 is 5.97 Å². The number of nitrogens with zero attached hydrogens (tertiary/aromatic N) is 1. The smallest absolute Gasteiger partial charge is 0.317 e. The molecule has 0 radical (unpaired) electrons. The molecular weight excluding hydrogens is 334 g/mol. The third kappa shape index (κ3) is 3.99. The first-order chi connectivity index (χ1) is 12.2. The number of halogens is 1. The first-order valence-electron chi connectivity index (χ1n) is 8.47. The van der Waals surface area contributed by atoms with Crippen molar-refractivity contribution < 1.29 is 9.53 Å². The van der Waals surface area contributed by atoms with Gasteiger partial charge in [-0.3, -0.25) is 9.79 Å². The van der Waals surface area contributed by atoms with Crippen molar-refractivity contribution in [2.75, 3.05) is 6.61 Å². The molecule has 1 unspecified atom stereocenters. The number of unbranched alkanes of at least 4 members (excludes halogenated alkanes) is 1. The van der Waals surface area contributed by atoms with Gasteiger partial charge in [0.15, 0.2) is 0 Å². The zero-order valence-electron chi connectivity index (χ0n) is 14.1. The normalized spacial score (nSPS) is 15.9. The van der Waals surface area contributed by atoms with E-state index in [1.165, 1.54) is 0 Å². The lowest BCUT2D eigenvalue weighted by Crippen LogP contribution is -2.17. The third-order valence-electron chi connectivity index (χ3n) is 4.13. The first-order valence-corrected chi connectivity index (χ1v) is 8.85. The standard InChI is InChI=1S/C21H20ClNO2/c1-2-3-13-25-21(24)18-11-12-23-20(15-7-5-4-6-8-15)19-14-16(22)9-10-17(18)19/h4-12,14,18H,2-3,13H2,1H3. The lowest BCUT2D eigenvalue weighted by atomic mass is 9.90. The van der Waals surface area contributed by atoms with E-state index >= 15 is 0 Å². The Bertz CT molecular complexity index is 812. The summed E-state index contributed by atoms with van der Waals surface area (Å²) in [4.78, 5) is 17.1. The Hall–Kier alpha value is -2.39. The highest BCUT2D eigenvalue weighted by atomic mass is 35.5. The summed E-state index contributed by atoms with van der Waals surface area (Å²) in [6, 6.07) is 15.4. The number of ether oxygens (including phenoxy) is 1. The Morgan fingerprint density at radius 1 is 1.20 bits per heavy atom. The van der Waals surface area contributed by atoms with Crippen molar-refractivity contribution in [3.05, 3.63) is 82.5 Å². The second-order valence-electron chi connectivity index (χ2n) is 5.92.